The van der Waals surface area contributed by atoms with Crippen LogP contribution in [0.4, 0.5) is 0 Å². The topological polar surface area (TPSA) is 22.1 Å². The maximum Gasteiger partial charge on any atom is 1.00 e. The number of pyridine rings is 1. The van der Waals surface area contributed by atoms with Gasteiger partial charge in [0.1, 0.15) is 0 Å². The van der Waals surface area contributed by atoms with E-state index in [0.29, 0.717) is 0 Å². The second-order valence-corrected chi connectivity index (χ2v) is 1.31. The van der Waals surface area contributed by atoms with E-state index >= 15 is 0 Å². The summed E-state index contributed by atoms with van der Waals surface area (Å²) in [5.74, 6) is 0.722. The molecule has 0 spiro atoms. The Bertz CT molecular complexity index is 154. The van der Waals surface area contributed by atoms with E-state index in [4.69, 9.17) is 4.74 Å². The molecule has 0 unspecified atom stereocenters. The van der Waals surface area contributed by atoms with Gasteiger partial charge >= 0.3 is 51.4 Å². The Morgan fingerprint density at radius 3 is 2.78 bits per heavy atom. The van der Waals surface area contributed by atoms with Gasteiger partial charge in [-0.2, -0.15) is 12.1 Å². The molecule has 9 heavy (non-hydrogen) atoms. The SMILES string of the molecule is COc1[c-]cncc1.[K+]. The van der Waals surface area contributed by atoms with Crippen LogP contribution in [-0.2, 0) is 0 Å². The van der Waals surface area contributed by atoms with Gasteiger partial charge in [-0.15, -0.1) is 0 Å². The van der Waals surface area contributed by atoms with E-state index in [-0.39, 0.29) is 51.4 Å². The zero-order valence-corrected chi connectivity index (χ0v) is 8.71. The molecule has 0 saturated carbocycles. The van der Waals surface area contributed by atoms with Gasteiger partial charge in [0.2, 0.25) is 0 Å². The molecule has 1 rings (SSSR count). The number of rotatable bonds is 1. The molecule has 0 saturated heterocycles. The molecule has 0 aromatic carbocycles. The predicted octanol–water partition coefficient (Wildman–Crippen LogP) is -2.11. The molecular weight excluding hydrogens is 141 g/mol. The van der Waals surface area contributed by atoms with Gasteiger partial charge < -0.3 is 9.72 Å². The zero-order chi connectivity index (χ0) is 5.82. The Kier molecular flexibility index (Phi) is 5.73. The zero-order valence-electron chi connectivity index (χ0n) is 5.59. The van der Waals surface area contributed by atoms with E-state index in [1.54, 1.807) is 25.6 Å². The fraction of sp³-hybridized carbons (Fsp3) is 0.167. The maximum atomic E-state index is 4.82. The molecular formula is C6H6KNO. The molecule has 3 heteroatoms. The van der Waals surface area contributed by atoms with Crippen molar-refractivity contribution >= 4 is 0 Å². The van der Waals surface area contributed by atoms with Crippen molar-refractivity contribution in [2.75, 3.05) is 7.11 Å². The van der Waals surface area contributed by atoms with Crippen molar-refractivity contribution in [3.8, 4) is 5.75 Å². The van der Waals surface area contributed by atoms with Gasteiger partial charge in [-0.3, -0.25) is 0 Å². The molecule has 0 aliphatic carbocycles. The summed E-state index contributed by atoms with van der Waals surface area (Å²) in [5.41, 5.74) is 0. The standard InChI is InChI=1S/C6H6NO.K/c1-8-6-2-4-7-5-3-6;/h2,4-5H,1H3;/q-1;+1. The van der Waals surface area contributed by atoms with E-state index in [9.17, 15) is 0 Å². The molecule has 0 amide bonds. The molecule has 0 fully saturated rings. The van der Waals surface area contributed by atoms with Crippen LogP contribution in [0.5, 0.6) is 5.75 Å². The van der Waals surface area contributed by atoms with E-state index < -0.39 is 0 Å². The normalized spacial score (nSPS) is 7.67. The second-order valence-electron chi connectivity index (χ2n) is 1.31. The van der Waals surface area contributed by atoms with Crippen molar-refractivity contribution in [2.45, 2.75) is 0 Å². The Morgan fingerprint density at radius 2 is 2.44 bits per heavy atom. The Morgan fingerprint density at radius 1 is 1.67 bits per heavy atom. The van der Waals surface area contributed by atoms with E-state index in [1.165, 1.54) is 0 Å². The van der Waals surface area contributed by atoms with Crippen molar-refractivity contribution in [1.29, 1.82) is 0 Å². The molecule has 1 aromatic heterocycles. The van der Waals surface area contributed by atoms with Gasteiger partial charge in [0.05, 0.1) is 7.11 Å². The van der Waals surface area contributed by atoms with Crippen LogP contribution in [0.15, 0.2) is 18.5 Å². The third kappa shape index (κ3) is 3.32. The molecule has 0 N–H and O–H groups in total. The second kappa shape index (κ2) is 5.38. The fourth-order valence-corrected chi connectivity index (χ4v) is 0.430. The molecule has 0 atom stereocenters. The average Bonchev–Trinajstić information content (AvgIpc) is 1.90. The van der Waals surface area contributed by atoms with Crippen molar-refractivity contribution in [3.63, 3.8) is 0 Å². The van der Waals surface area contributed by atoms with Crippen molar-refractivity contribution in [1.82, 2.24) is 4.98 Å². The first kappa shape index (κ1) is 9.59. The smallest absolute Gasteiger partial charge is 0.535 e. The van der Waals surface area contributed by atoms with Crippen LogP contribution < -0.4 is 56.1 Å². The monoisotopic (exact) mass is 147 g/mol. The van der Waals surface area contributed by atoms with Crippen molar-refractivity contribution < 1.29 is 56.1 Å². The summed E-state index contributed by atoms with van der Waals surface area (Å²) in [5, 5.41) is 0. The van der Waals surface area contributed by atoms with E-state index in [2.05, 4.69) is 11.1 Å². The Labute approximate surface area is 97.1 Å². The van der Waals surface area contributed by atoms with Crippen LogP contribution in [0.25, 0.3) is 0 Å². The van der Waals surface area contributed by atoms with Gasteiger partial charge in [0, 0.05) is 0 Å². The number of hydrogen-bond donors (Lipinski definition) is 0. The summed E-state index contributed by atoms with van der Waals surface area (Å²) in [6.45, 7) is 0. The number of aromatic nitrogens is 1. The summed E-state index contributed by atoms with van der Waals surface area (Å²) in [6, 6.07) is 4.53. The minimum absolute atomic E-state index is 0. The van der Waals surface area contributed by atoms with E-state index in [1.807, 2.05) is 0 Å². The van der Waals surface area contributed by atoms with Gasteiger partial charge in [-0.25, -0.2) is 0 Å². The maximum absolute atomic E-state index is 4.82. The number of hydrogen-bond acceptors (Lipinski definition) is 2. The van der Waals surface area contributed by atoms with Gasteiger partial charge in [-0.05, 0) is 5.75 Å². The Balaban J connectivity index is 0.000000640. The van der Waals surface area contributed by atoms with Crippen LogP contribution in [0.2, 0.25) is 0 Å². The average molecular weight is 147 g/mol. The molecule has 42 valence electrons. The van der Waals surface area contributed by atoms with Crippen LogP contribution in [0, 0.1) is 6.07 Å². The molecule has 0 aliphatic heterocycles. The summed E-state index contributed by atoms with van der Waals surface area (Å²) >= 11 is 0. The van der Waals surface area contributed by atoms with Gasteiger partial charge in [0.25, 0.3) is 0 Å². The number of ether oxygens (including phenoxy) is 1. The van der Waals surface area contributed by atoms with Crippen LogP contribution in [0.1, 0.15) is 0 Å². The molecule has 0 bridgehead atoms. The molecule has 1 aromatic rings. The predicted molar refractivity (Wildman–Crippen MR) is 29.6 cm³/mol. The summed E-state index contributed by atoms with van der Waals surface area (Å²) in [6.07, 6.45) is 3.23. The number of methoxy groups -OCH3 is 1. The largest absolute Gasteiger partial charge is 1.00 e. The minimum Gasteiger partial charge on any atom is -0.535 e. The molecule has 1 heterocycles. The summed E-state index contributed by atoms with van der Waals surface area (Å²) < 4.78 is 4.82. The Hall–Kier alpha value is 0.586. The molecule has 2 nitrogen and oxygen atoms in total. The van der Waals surface area contributed by atoms with Crippen LogP contribution in [-0.4, -0.2) is 12.1 Å². The molecule has 0 aliphatic rings. The van der Waals surface area contributed by atoms with Crippen molar-refractivity contribution in [2.24, 2.45) is 0 Å². The fourth-order valence-electron chi connectivity index (χ4n) is 0.430. The van der Waals surface area contributed by atoms with Crippen LogP contribution in [0.3, 0.4) is 0 Å². The van der Waals surface area contributed by atoms with Crippen molar-refractivity contribution in [3.05, 3.63) is 24.5 Å². The number of nitrogens with zero attached hydrogens (tertiary/aromatic N) is 1. The first-order chi connectivity index (χ1) is 3.93. The summed E-state index contributed by atoms with van der Waals surface area (Å²) in [4.78, 5) is 3.76. The first-order valence-corrected chi connectivity index (χ1v) is 2.29. The third-order valence-electron chi connectivity index (χ3n) is 0.813. The van der Waals surface area contributed by atoms with Gasteiger partial charge in [0.15, 0.2) is 0 Å². The van der Waals surface area contributed by atoms with Gasteiger partial charge in [-0.1, -0.05) is 12.4 Å². The minimum atomic E-state index is 0. The van der Waals surface area contributed by atoms with Crippen LogP contribution >= 0.6 is 0 Å². The third-order valence-corrected chi connectivity index (χ3v) is 0.813. The summed E-state index contributed by atoms with van der Waals surface area (Å²) in [7, 11) is 1.60. The van der Waals surface area contributed by atoms with E-state index in [0.717, 1.165) is 5.75 Å². The quantitative estimate of drug-likeness (QED) is 0.335. The molecule has 0 radical (unpaired) electrons. The first-order valence-electron chi connectivity index (χ1n) is 2.29.